The second-order valence-electron chi connectivity index (χ2n) is 7.21. The average Bonchev–Trinajstić information content (AvgIpc) is 3.03. The van der Waals surface area contributed by atoms with E-state index in [0.717, 1.165) is 46.9 Å². The minimum Gasteiger partial charge on any atom is -0.462 e. The normalized spacial score (nSPS) is 15.1. The van der Waals surface area contributed by atoms with Gasteiger partial charge in [-0.1, -0.05) is 0 Å². The van der Waals surface area contributed by atoms with Crippen molar-refractivity contribution in [2.75, 3.05) is 45.3 Å². The minimum absolute atomic E-state index is 0.281. The van der Waals surface area contributed by atoms with Gasteiger partial charge in [-0.15, -0.1) is 11.3 Å². The van der Waals surface area contributed by atoms with Crippen LogP contribution in [0.4, 0.5) is 5.82 Å². The predicted octanol–water partition coefficient (Wildman–Crippen LogP) is 2.19. The summed E-state index contributed by atoms with van der Waals surface area (Å²) in [5, 5.41) is 4.37. The third-order valence-corrected chi connectivity index (χ3v) is 6.25. The van der Waals surface area contributed by atoms with Gasteiger partial charge in [-0.25, -0.2) is 14.8 Å². The molecule has 2 aromatic heterocycles. The van der Waals surface area contributed by atoms with Crippen LogP contribution in [-0.4, -0.2) is 55.9 Å². The highest BCUT2D eigenvalue weighted by molar-refractivity contribution is 7.20. The maximum absolute atomic E-state index is 12.3. The molecule has 0 aliphatic carbocycles. The first-order valence-corrected chi connectivity index (χ1v) is 11.0. The van der Waals surface area contributed by atoms with Gasteiger partial charge in [-0.3, -0.25) is 0 Å². The number of aromatic nitrogens is 2. The van der Waals surface area contributed by atoms with Crippen LogP contribution in [0.25, 0.3) is 10.2 Å². The summed E-state index contributed by atoms with van der Waals surface area (Å²) in [6, 6.07) is 0. The molecule has 28 heavy (non-hydrogen) atoms. The first kappa shape index (κ1) is 21.0. The van der Waals surface area contributed by atoms with E-state index in [1.54, 1.807) is 7.11 Å². The summed E-state index contributed by atoms with van der Waals surface area (Å²) in [7, 11) is 1.71. The summed E-state index contributed by atoms with van der Waals surface area (Å²) in [6.45, 7) is 8.78. The molecule has 0 spiro atoms. The number of nitrogens with zero attached hydrogens (tertiary/aromatic N) is 2. The van der Waals surface area contributed by atoms with Gasteiger partial charge in [0.15, 0.2) is 5.82 Å². The number of methoxy groups -OCH3 is 1. The Labute approximate surface area is 170 Å². The van der Waals surface area contributed by atoms with Gasteiger partial charge in [0.05, 0.1) is 25.1 Å². The van der Waals surface area contributed by atoms with Crippen LogP contribution in [0.1, 0.15) is 53.7 Å². The van der Waals surface area contributed by atoms with E-state index in [1.807, 2.05) is 13.8 Å². The average molecular weight is 408 g/mol. The number of carbonyl (C=O) groups is 1. The molecule has 0 saturated carbocycles. The first-order chi connectivity index (χ1) is 13.6. The fraction of sp³-hybridized carbons (Fsp3) is 0.650. The van der Waals surface area contributed by atoms with Crippen molar-refractivity contribution in [1.29, 1.82) is 0 Å². The number of aryl methyl sites for hydroxylation is 1. The molecule has 1 aliphatic rings. The lowest BCUT2D eigenvalue weighted by Gasteiger charge is -2.22. The van der Waals surface area contributed by atoms with Gasteiger partial charge in [0, 0.05) is 20.3 Å². The number of anilines is 1. The van der Waals surface area contributed by atoms with Crippen LogP contribution >= 0.6 is 11.3 Å². The number of quaternary nitrogens is 1. The van der Waals surface area contributed by atoms with Crippen molar-refractivity contribution in [2.24, 2.45) is 0 Å². The number of esters is 1. The Hall–Kier alpha value is -1.77. The predicted molar refractivity (Wildman–Crippen MR) is 111 cm³/mol. The Balaban J connectivity index is 1.92. The fourth-order valence-electron chi connectivity index (χ4n) is 3.66. The van der Waals surface area contributed by atoms with E-state index in [1.165, 1.54) is 48.6 Å². The van der Waals surface area contributed by atoms with E-state index in [2.05, 4.69) is 5.32 Å². The van der Waals surface area contributed by atoms with Crippen molar-refractivity contribution in [3.63, 3.8) is 0 Å². The van der Waals surface area contributed by atoms with Crippen molar-refractivity contribution in [3.8, 4) is 0 Å². The zero-order valence-electron chi connectivity index (χ0n) is 17.1. The Morgan fingerprint density at radius 3 is 2.75 bits per heavy atom. The van der Waals surface area contributed by atoms with E-state index in [9.17, 15) is 4.79 Å². The largest absolute Gasteiger partial charge is 0.462 e. The number of piperidine rings is 1. The third kappa shape index (κ3) is 4.98. The summed E-state index contributed by atoms with van der Waals surface area (Å²) < 4.78 is 10.4. The number of ether oxygens (including phenoxy) is 2. The molecule has 7 nitrogen and oxygen atoms in total. The Kier molecular flexibility index (Phi) is 7.58. The molecule has 3 rings (SSSR count). The topological polar surface area (TPSA) is 77.8 Å². The second-order valence-corrected chi connectivity index (χ2v) is 8.20. The first-order valence-electron chi connectivity index (χ1n) is 10.2. The molecule has 3 heterocycles. The van der Waals surface area contributed by atoms with Crippen molar-refractivity contribution >= 4 is 33.3 Å². The molecule has 154 valence electrons. The Morgan fingerprint density at radius 2 is 2.04 bits per heavy atom. The maximum Gasteiger partial charge on any atom is 0.348 e. The zero-order valence-corrected chi connectivity index (χ0v) is 17.9. The second kappa shape index (κ2) is 10.1. The Morgan fingerprint density at radius 1 is 1.25 bits per heavy atom. The lowest BCUT2D eigenvalue weighted by molar-refractivity contribution is -0.919. The summed E-state index contributed by atoms with van der Waals surface area (Å²) >= 11 is 1.41. The van der Waals surface area contributed by atoms with Crippen LogP contribution in [-0.2, 0) is 16.0 Å². The van der Waals surface area contributed by atoms with Gasteiger partial charge in [0.2, 0.25) is 0 Å². The summed E-state index contributed by atoms with van der Waals surface area (Å²) in [5.74, 6) is 1.38. The molecule has 2 aromatic rings. The molecule has 0 aromatic carbocycles. The quantitative estimate of drug-likeness (QED) is 0.490. The number of thiophene rings is 1. The molecule has 8 heteroatoms. The van der Waals surface area contributed by atoms with Gasteiger partial charge in [-0.05, 0) is 45.1 Å². The van der Waals surface area contributed by atoms with Crippen LogP contribution < -0.4 is 10.2 Å². The van der Waals surface area contributed by atoms with Gasteiger partial charge in [-0.2, -0.15) is 0 Å². The highest BCUT2D eigenvalue weighted by atomic mass is 32.1. The molecule has 1 saturated heterocycles. The van der Waals surface area contributed by atoms with Crippen LogP contribution in [0, 0.1) is 6.92 Å². The van der Waals surface area contributed by atoms with Crippen molar-refractivity contribution in [2.45, 2.75) is 46.1 Å². The summed E-state index contributed by atoms with van der Waals surface area (Å²) in [4.78, 5) is 25.0. The van der Waals surface area contributed by atoms with E-state index < -0.39 is 0 Å². The van der Waals surface area contributed by atoms with Gasteiger partial charge < -0.3 is 19.7 Å². The lowest BCUT2D eigenvalue weighted by Crippen LogP contribution is -3.11. The van der Waals surface area contributed by atoms with E-state index >= 15 is 0 Å². The zero-order chi connectivity index (χ0) is 19.9. The van der Waals surface area contributed by atoms with E-state index in [0.29, 0.717) is 18.1 Å². The lowest BCUT2D eigenvalue weighted by atomic mass is 10.1. The number of fused-ring (bicyclic) bond motifs is 1. The highest BCUT2D eigenvalue weighted by Gasteiger charge is 2.23. The summed E-state index contributed by atoms with van der Waals surface area (Å²) in [6.07, 6.45) is 4.75. The molecule has 0 atom stereocenters. The van der Waals surface area contributed by atoms with Gasteiger partial charge in [0.25, 0.3) is 0 Å². The molecule has 0 bridgehead atoms. The molecule has 1 aliphatic heterocycles. The fourth-order valence-corrected chi connectivity index (χ4v) is 4.75. The van der Waals surface area contributed by atoms with Crippen LogP contribution in [0.5, 0.6) is 0 Å². The third-order valence-electron chi connectivity index (χ3n) is 5.08. The SMILES string of the molecule is CCOC(=O)c1sc2nc(C[NH+]3CCCCC3)nc(NCCCOC)c2c1C. The monoisotopic (exact) mass is 407 g/mol. The number of carbonyl (C=O) groups excluding carboxylic acids is 1. The smallest absolute Gasteiger partial charge is 0.348 e. The van der Waals surface area contributed by atoms with Crippen molar-refractivity contribution < 1.29 is 19.2 Å². The maximum atomic E-state index is 12.3. The molecule has 1 fully saturated rings. The highest BCUT2D eigenvalue weighted by Crippen LogP contribution is 2.34. The number of likely N-dealkylation sites (tertiary alicyclic amines) is 1. The number of rotatable bonds is 9. The van der Waals surface area contributed by atoms with Crippen molar-refractivity contribution in [1.82, 2.24) is 9.97 Å². The van der Waals surface area contributed by atoms with E-state index in [4.69, 9.17) is 19.4 Å². The molecule has 2 N–H and O–H groups in total. The number of hydrogen-bond acceptors (Lipinski definition) is 7. The standard InChI is InChI=1S/C20H30N4O3S/c1-4-27-20(25)17-14(2)16-18(21-9-8-12-26-3)22-15(23-19(16)28-17)13-24-10-6-5-7-11-24/h4-13H2,1-3H3,(H,21,22,23)/p+1. The number of nitrogens with one attached hydrogen (secondary N) is 2. The van der Waals surface area contributed by atoms with Gasteiger partial charge >= 0.3 is 5.97 Å². The van der Waals surface area contributed by atoms with Gasteiger partial charge in [0.1, 0.15) is 22.1 Å². The molecule has 0 amide bonds. The van der Waals surface area contributed by atoms with E-state index in [-0.39, 0.29) is 5.97 Å². The summed E-state index contributed by atoms with van der Waals surface area (Å²) in [5.41, 5.74) is 0.893. The van der Waals surface area contributed by atoms with Crippen LogP contribution in [0.3, 0.4) is 0 Å². The minimum atomic E-state index is -0.281. The van der Waals surface area contributed by atoms with Crippen LogP contribution in [0.15, 0.2) is 0 Å². The number of hydrogen-bond donors (Lipinski definition) is 2. The van der Waals surface area contributed by atoms with Crippen molar-refractivity contribution in [3.05, 3.63) is 16.3 Å². The molecular weight excluding hydrogens is 376 g/mol. The van der Waals surface area contributed by atoms with Crippen LogP contribution in [0.2, 0.25) is 0 Å². The molecular formula is C20H31N4O3S+. The molecule has 0 radical (unpaired) electrons. The molecule has 0 unspecified atom stereocenters. The Bertz CT molecular complexity index is 802.